The van der Waals surface area contributed by atoms with E-state index in [1.807, 2.05) is 0 Å². The van der Waals surface area contributed by atoms with Gasteiger partial charge in [0.2, 0.25) is 5.95 Å². The molecule has 0 N–H and O–H groups in total. The van der Waals surface area contributed by atoms with E-state index in [-0.39, 0.29) is 5.41 Å². The minimum absolute atomic E-state index is 0.142. The molecule has 2 aliphatic carbocycles. The second-order valence-electron chi connectivity index (χ2n) is 19.7. The Bertz CT molecular complexity index is 3490. The molecule has 13 rings (SSSR count). The standard InChI is InChI=1S/C62H51N5/c1-40-33-42-34-41(2)38-62(37-40,39-42)60-63-59(64-61(65-60)67-54-27-14-12-23-49(54)50-24-13-15-28-55(50)67)51-26-16-25-48(45-21-10-5-11-22-45)58(51)66-56-31-29-46(43-17-6-3-7-18-43)35-52(56)53-36-47(30-32-57(53)66)44-19-8-4-9-20-44/h3-32,35-36,40-42H,33-34,37-39H2,1-2H3/t40-,41+,42?,62?. The van der Waals surface area contributed by atoms with E-state index in [1.54, 1.807) is 0 Å². The molecule has 324 valence electrons. The first-order valence-corrected chi connectivity index (χ1v) is 24.1. The number of hydrogen-bond acceptors (Lipinski definition) is 3. The van der Waals surface area contributed by atoms with Crippen molar-refractivity contribution >= 4 is 43.6 Å². The highest BCUT2D eigenvalue weighted by Gasteiger charge is 2.48. The molecule has 2 saturated carbocycles. The lowest BCUT2D eigenvalue weighted by Crippen LogP contribution is -2.43. The van der Waals surface area contributed by atoms with Crippen LogP contribution in [0.5, 0.6) is 0 Å². The van der Waals surface area contributed by atoms with Crippen LogP contribution in [0.2, 0.25) is 0 Å². The lowest BCUT2D eigenvalue weighted by atomic mass is 9.56. The minimum Gasteiger partial charge on any atom is -0.308 e. The summed E-state index contributed by atoms with van der Waals surface area (Å²) in [6, 6.07) is 70.4. The van der Waals surface area contributed by atoms with Gasteiger partial charge < -0.3 is 4.57 Å². The highest BCUT2D eigenvalue weighted by Crippen LogP contribution is 2.54. The van der Waals surface area contributed by atoms with Gasteiger partial charge in [0.25, 0.3) is 0 Å². The Kier molecular flexibility index (Phi) is 9.35. The van der Waals surface area contributed by atoms with Gasteiger partial charge in [-0.1, -0.05) is 166 Å². The van der Waals surface area contributed by atoms with Crippen molar-refractivity contribution in [2.45, 2.75) is 51.4 Å². The predicted molar refractivity (Wildman–Crippen MR) is 277 cm³/mol. The summed E-state index contributed by atoms with van der Waals surface area (Å²) in [6.45, 7) is 4.89. The zero-order chi connectivity index (χ0) is 44.6. The molecule has 0 saturated heterocycles. The molecule has 8 aromatic carbocycles. The van der Waals surface area contributed by atoms with Crippen molar-refractivity contribution < 1.29 is 0 Å². The van der Waals surface area contributed by atoms with E-state index in [0.29, 0.717) is 29.5 Å². The monoisotopic (exact) mass is 865 g/mol. The van der Waals surface area contributed by atoms with E-state index in [0.717, 1.165) is 69.5 Å². The van der Waals surface area contributed by atoms with E-state index in [1.165, 1.54) is 56.6 Å². The molecule has 2 bridgehead atoms. The number of para-hydroxylation sites is 3. The first-order valence-electron chi connectivity index (χ1n) is 24.1. The molecule has 11 aromatic rings. The Balaban J connectivity index is 1.13. The van der Waals surface area contributed by atoms with Gasteiger partial charge in [-0.3, -0.25) is 4.57 Å². The molecule has 3 heterocycles. The molecule has 5 heteroatoms. The number of hydrogen-bond donors (Lipinski definition) is 0. The topological polar surface area (TPSA) is 48.5 Å². The largest absolute Gasteiger partial charge is 0.308 e. The average molecular weight is 866 g/mol. The number of rotatable bonds is 7. The van der Waals surface area contributed by atoms with E-state index >= 15 is 0 Å². The summed E-state index contributed by atoms with van der Waals surface area (Å²) in [5.74, 6) is 4.18. The molecule has 2 unspecified atom stereocenters. The quantitative estimate of drug-likeness (QED) is 0.160. The van der Waals surface area contributed by atoms with Crippen LogP contribution in [0.4, 0.5) is 0 Å². The molecule has 0 amide bonds. The summed E-state index contributed by atoms with van der Waals surface area (Å²) in [4.78, 5) is 17.2. The second kappa shape index (κ2) is 15.8. The van der Waals surface area contributed by atoms with Crippen molar-refractivity contribution in [3.8, 4) is 56.4 Å². The van der Waals surface area contributed by atoms with E-state index < -0.39 is 0 Å². The third kappa shape index (κ3) is 6.62. The van der Waals surface area contributed by atoms with Gasteiger partial charge >= 0.3 is 0 Å². The van der Waals surface area contributed by atoms with E-state index in [9.17, 15) is 0 Å². The normalized spacial score (nSPS) is 19.4. The maximum Gasteiger partial charge on any atom is 0.238 e. The second-order valence-corrected chi connectivity index (χ2v) is 19.7. The summed E-state index contributed by atoms with van der Waals surface area (Å²) in [5.41, 5.74) is 13.4. The third-order valence-corrected chi connectivity index (χ3v) is 15.1. The number of fused-ring (bicyclic) bond motifs is 8. The van der Waals surface area contributed by atoms with Crippen LogP contribution < -0.4 is 0 Å². The van der Waals surface area contributed by atoms with Gasteiger partial charge in [-0.2, -0.15) is 9.97 Å². The third-order valence-electron chi connectivity index (χ3n) is 15.1. The lowest BCUT2D eigenvalue weighted by molar-refractivity contribution is 0.0719. The van der Waals surface area contributed by atoms with Crippen LogP contribution in [0.3, 0.4) is 0 Å². The van der Waals surface area contributed by atoms with Gasteiger partial charge in [0, 0.05) is 38.1 Å². The van der Waals surface area contributed by atoms with Crippen molar-refractivity contribution in [1.82, 2.24) is 24.1 Å². The van der Waals surface area contributed by atoms with Crippen LogP contribution in [-0.4, -0.2) is 24.1 Å². The van der Waals surface area contributed by atoms with Crippen LogP contribution in [0.15, 0.2) is 194 Å². The molecule has 0 radical (unpaired) electrons. The lowest BCUT2D eigenvalue weighted by Gasteiger charge is -2.49. The highest BCUT2D eigenvalue weighted by atomic mass is 15.2. The number of nitrogens with zero attached hydrogens (tertiary/aromatic N) is 5. The average Bonchev–Trinajstić information content (AvgIpc) is 3.88. The Morgan fingerprint density at radius 2 is 0.896 bits per heavy atom. The summed E-state index contributed by atoms with van der Waals surface area (Å²) in [7, 11) is 0. The van der Waals surface area contributed by atoms with Crippen molar-refractivity contribution in [2.24, 2.45) is 17.8 Å². The van der Waals surface area contributed by atoms with Gasteiger partial charge in [0.1, 0.15) is 5.82 Å². The van der Waals surface area contributed by atoms with Gasteiger partial charge in [0.15, 0.2) is 5.82 Å². The highest BCUT2D eigenvalue weighted by molar-refractivity contribution is 6.13. The van der Waals surface area contributed by atoms with Gasteiger partial charge in [-0.05, 0) is 120 Å². The first-order chi connectivity index (χ1) is 33.0. The molecule has 5 nitrogen and oxygen atoms in total. The fourth-order valence-corrected chi connectivity index (χ4v) is 12.6. The molecule has 2 aliphatic rings. The zero-order valence-corrected chi connectivity index (χ0v) is 38.0. The van der Waals surface area contributed by atoms with Crippen LogP contribution in [0, 0.1) is 17.8 Å². The fraction of sp³-hybridized carbons (Fsp3) is 0.177. The maximum atomic E-state index is 5.80. The van der Waals surface area contributed by atoms with Crippen LogP contribution in [0.1, 0.15) is 51.8 Å². The van der Waals surface area contributed by atoms with Crippen molar-refractivity contribution in [2.75, 3.05) is 0 Å². The molecular weight excluding hydrogens is 815 g/mol. The summed E-state index contributed by atoms with van der Waals surface area (Å²) in [6.07, 6.45) is 5.84. The summed E-state index contributed by atoms with van der Waals surface area (Å²) >= 11 is 0. The SMILES string of the molecule is C[C@@H]1CC2C[C@H](C)CC(c3nc(-c4cccc(-c5ccccc5)c4-n4c5ccc(-c6ccccc6)cc5c5cc(-c6ccccc6)ccc54)nc(-n4c5ccccc5c5ccccc54)n3)(C2)C1. The van der Waals surface area contributed by atoms with Crippen LogP contribution in [-0.2, 0) is 5.41 Å². The Morgan fingerprint density at radius 3 is 1.46 bits per heavy atom. The Hall–Kier alpha value is -7.63. The Labute approximate surface area is 391 Å². The van der Waals surface area contributed by atoms with Crippen molar-refractivity contribution in [3.05, 3.63) is 200 Å². The fourth-order valence-electron chi connectivity index (χ4n) is 12.6. The summed E-state index contributed by atoms with van der Waals surface area (Å²) < 4.78 is 4.79. The van der Waals surface area contributed by atoms with Gasteiger partial charge in [-0.15, -0.1) is 0 Å². The minimum atomic E-state index is -0.142. The van der Waals surface area contributed by atoms with Crippen molar-refractivity contribution in [1.29, 1.82) is 0 Å². The number of benzene rings is 8. The molecule has 2 fully saturated rings. The molecule has 0 aliphatic heterocycles. The predicted octanol–water partition coefficient (Wildman–Crippen LogP) is 15.8. The first kappa shape index (κ1) is 39.7. The van der Waals surface area contributed by atoms with Gasteiger partial charge in [-0.25, -0.2) is 4.98 Å². The molecule has 67 heavy (non-hydrogen) atoms. The molecular formula is C62H51N5. The number of aromatic nitrogens is 5. The van der Waals surface area contributed by atoms with Crippen LogP contribution in [0.25, 0.3) is 100 Å². The molecule has 3 aromatic heterocycles. The maximum absolute atomic E-state index is 5.80. The Morgan fingerprint density at radius 1 is 0.403 bits per heavy atom. The van der Waals surface area contributed by atoms with E-state index in [2.05, 4.69) is 217 Å². The molecule has 0 spiro atoms. The van der Waals surface area contributed by atoms with Crippen molar-refractivity contribution in [3.63, 3.8) is 0 Å². The molecule has 4 atom stereocenters. The van der Waals surface area contributed by atoms with Gasteiger partial charge in [0.05, 0.1) is 27.8 Å². The zero-order valence-electron chi connectivity index (χ0n) is 38.0. The van der Waals surface area contributed by atoms with Crippen LogP contribution >= 0.6 is 0 Å². The van der Waals surface area contributed by atoms with E-state index in [4.69, 9.17) is 15.0 Å². The summed E-state index contributed by atoms with van der Waals surface area (Å²) in [5, 5.41) is 4.78. The smallest absolute Gasteiger partial charge is 0.238 e.